The van der Waals surface area contributed by atoms with Crippen LogP contribution in [-0.4, -0.2) is 33.7 Å². The summed E-state index contributed by atoms with van der Waals surface area (Å²) in [6.07, 6.45) is 1.72. The molecule has 5 heteroatoms. The van der Waals surface area contributed by atoms with E-state index >= 15 is 0 Å². The van der Waals surface area contributed by atoms with Crippen molar-refractivity contribution in [3.05, 3.63) is 0 Å². The standard InChI is InChI=1S/C8H14O4S/c9-7(10)3-1-5-13-6-2-4-8(11)12/h1-6H2,(H,9,10)(H,11,12). The SMILES string of the molecule is O=C(O)CCCSCCCC(=O)O. The maximum atomic E-state index is 10.1. The third-order valence-corrected chi connectivity index (χ3v) is 2.51. The highest BCUT2D eigenvalue weighted by atomic mass is 32.2. The molecule has 0 aromatic rings. The van der Waals surface area contributed by atoms with Crippen LogP contribution in [0.25, 0.3) is 0 Å². The van der Waals surface area contributed by atoms with Crippen LogP contribution in [0.15, 0.2) is 0 Å². The molecule has 0 aliphatic carbocycles. The summed E-state index contributed by atoms with van der Waals surface area (Å²) in [7, 11) is 0. The fourth-order valence-corrected chi connectivity index (χ4v) is 1.65. The number of carboxylic acid groups (broad SMARTS) is 2. The van der Waals surface area contributed by atoms with Gasteiger partial charge in [0.15, 0.2) is 0 Å². The van der Waals surface area contributed by atoms with Gasteiger partial charge in [-0.2, -0.15) is 11.8 Å². The second-order valence-electron chi connectivity index (χ2n) is 2.61. The number of rotatable bonds is 8. The highest BCUT2D eigenvalue weighted by Crippen LogP contribution is 2.07. The molecule has 0 aliphatic rings. The molecule has 0 atom stereocenters. The maximum Gasteiger partial charge on any atom is 0.303 e. The van der Waals surface area contributed by atoms with Gasteiger partial charge in [0.25, 0.3) is 0 Å². The normalized spacial score (nSPS) is 9.85. The fourth-order valence-electron chi connectivity index (χ4n) is 0.753. The molecule has 13 heavy (non-hydrogen) atoms. The zero-order valence-electron chi connectivity index (χ0n) is 7.36. The molecule has 0 aromatic carbocycles. The van der Waals surface area contributed by atoms with Crippen molar-refractivity contribution in [1.82, 2.24) is 0 Å². The van der Waals surface area contributed by atoms with Crippen molar-refractivity contribution in [1.29, 1.82) is 0 Å². The molecule has 0 radical (unpaired) electrons. The summed E-state index contributed by atoms with van der Waals surface area (Å²) in [6.45, 7) is 0. The molecule has 0 unspecified atom stereocenters. The van der Waals surface area contributed by atoms with Crippen molar-refractivity contribution in [3.8, 4) is 0 Å². The Bertz CT molecular complexity index is 152. The quantitative estimate of drug-likeness (QED) is 0.588. The summed E-state index contributed by atoms with van der Waals surface area (Å²) < 4.78 is 0. The Morgan fingerprint density at radius 3 is 1.62 bits per heavy atom. The molecule has 0 saturated heterocycles. The second kappa shape index (κ2) is 7.91. The zero-order valence-corrected chi connectivity index (χ0v) is 8.18. The van der Waals surface area contributed by atoms with Crippen molar-refractivity contribution < 1.29 is 19.8 Å². The van der Waals surface area contributed by atoms with Crippen LogP contribution in [0.5, 0.6) is 0 Å². The molecule has 0 aliphatic heterocycles. The predicted octanol–water partition coefficient (Wildman–Crippen LogP) is 1.45. The topological polar surface area (TPSA) is 74.6 Å². The predicted molar refractivity (Wildman–Crippen MR) is 51.1 cm³/mol. The van der Waals surface area contributed by atoms with Crippen LogP contribution in [0, 0.1) is 0 Å². The summed E-state index contributed by atoms with van der Waals surface area (Å²) in [4.78, 5) is 20.2. The molecule has 0 heterocycles. The molecule has 4 nitrogen and oxygen atoms in total. The molecule has 0 fully saturated rings. The Morgan fingerprint density at radius 2 is 1.31 bits per heavy atom. The van der Waals surface area contributed by atoms with E-state index in [-0.39, 0.29) is 12.8 Å². The highest BCUT2D eigenvalue weighted by Gasteiger charge is 1.98. The molecule has 0 amide bonds. The second-order valence-corrected chi connectivity index (χ2v) is 3.83. The van der Waals surface area contributed by atoms with Gasteiger partial charge in [-0.15, -0.1) is 0 Å². The van der Waals surface area contributed by atoms with E-state index in [0.717, 1.165) is 11.5 Å². The molecule has 0 saturated carbocycles. The molecule has 2 N–H and O–H groups in total. The molecule has 0 bridgehead atoms. The Balaban J connectivity index is 3.00. The smallest absolute Gasteiger partial charge is 0.303 e. The first-order valence-corrected chi connectivity index (χ1v) is 5.29. The first kappa shape index (κ1) is 12.3. The zero-order chi connectivity index (χ0) is 10.1. The lowest BCUT2D eigenvalue weighted by molar-refractivity contribution is -0.138. The monoisotopic (exact) mass is 206 g/mol. The average Bonchev–Trinajstić information content (AvgIpc) is 2.01. The largest absolute Gasteiger partial charge is 0.481 e. The Hall–Kier alpha value is -0.710. The molecular weight excluding hydrogens is 192 g/mol. The number of hydrogen-bond acceptors (Lipinski definition) is 3. The minimum Gasteiger partial charge on any atom is -0.481 e. The maximum absolute atomic E-state index is 10.1. The summed E-state index contributed by atoms with van der Waals surface area (Å²) in [5.74, 6) is 0.0509. The van der Waals surface area contributed by atoms with Crippen LogP contribution in [0.2, 0.25) is 0 Å². The van der Waals surface area contributed by atoms with E-state index in [9.17, 15) is 9.59 Å². The van der Waals surface area contributed by atoms with Gasteiger partial charge in [0, 0.05) is 12.8 Å². The van der Waals surface area contributed by atoms with Gasteiger partial charge in [-0.25, -0.2) is 0 Å². The van der Waals surface area contributed by atoms with Gasteiger partial charge in [-0.05, 0) is 24.3 Å². The lowest BCUT2D eigenvalue weighted by Crippen LogP contribution is -1.97. The average molecular weight is 206 g/mol. The van der Waals surface area contributed by atoms with Crippen molar-refractivity contribution in [2.45, 2.75) is 25.7 Å². The lowest BCUT2D eigenvalue weighted by atomic mass is 10.3. The minimum absolute atomic E-state index is 0.200. The van der Waals surface area contributed by atoms with E-state index in [2.05, 4.69) is 0 Å². The van der Waals surface area contributed by atoms with Crippen molar-refractivity contribution in [2.75, 3.05) is 11.5 Å². The molecular formula is C8H14O4S. The van der Waals surface area contributed by atoms with Gasteiger partial charge in [-0.1, -0.05) is 0 Å². The highest BCUT2D eigenvalue weighted by molar-refractivity contribution is 7.99. The fraction of sp³-hybridized carbons (Fsp3) is 0.750. The third-order valence-electron chi connectivity index (χ3n) is 1.36. The summed E-state index contributed by atoms with van der Waals surface area (Å²) in [6, 6.07) is 0. The van der Waals surface area contributed by atoms with Crippen molar-refractivity contribution in [2.24, 2.45) is 0 Å². The molecule has 76 valence electrons. The van der Waals surface area contributed by atoms with Crippen LogP contribution in [0.3, 0.4) is 0 Å². The first-order valence-electron chi connectivity index (χ1n) is 4.14. The van der Waals surface area contributed by atoms with Crippen LogP contribution < -0.4 is 0 Å². The minimum atomic E-state index is -0.772. The van der Waals surface area contributed by atoms with Gasteiger partial charge >= 0.3 is 11.9 Å². The van der Waals surface area contributed by atoms with E-state index in [1.807, 2.05) is 0 Å². The summed E-state index contributed by atoms with van der Waals surface area (Å²) in [5.41, 5.74) is 0. The van der Waals surface area contributed by atoms with Gasteiger partial charge < -0.3 is 10.2 Å². The van der Waals surface area contributed by atoms with Crippen LogP contribution >= 0.6 is 11.8 Å². The number of aliphatic carboxylic acids is 2. The number of carbonyl (C=O) groups is 2. The van der Waals surface area contributed by atoms with E-state index in [4.69, 9.17) is 10.2 Å². The van der Waals surface area contributed by atoms with E-state index in [0.29, 0.717) is 12.8 Å². The lowest BCUT2D eigenvalue weighted by Gasteiger charge is -1.98. The van der Waals surface area contributed by atoms with E-state index < -0.39 is 11.9 Å². The van der Waals surface area contributed by atoms with Crippen LogP contribution in [0.4, 0.5) is 0 Å². The van der Waals surface area contributed by atoms with E-state index in [1.54, 1.807) is 11.8 Å². The van der Waals surface area contributed by atoms with Gasteiger partial charge in [0.05, 0.1) is 0 Å². The van der Waals surface area contributed by atoms with Gasteiger partial charge in [0.2, 0.25) is 0 Å². The number of hydrogen-bond donors (Lipinski definition) is 2. The first-order chi connectivity index (χ1) is 6.13. The Kier molecular flexibility index (Phi) is 7.48. The molecule has 0 spiro atoms. The Morgan fingerprint density at radius 1 is 0.923 bits per heavy atom. The number of carboxylic acids is 2. The van der Waals surface area contributed by atoms with Gasteiger partial charge in [0.1, 0.15) is 0 Å². The van der Waals surface area contributed by atoms with Crippen molar-refractivity contribution >= 4 is 23.7 Å². The molecule has 0 rings (SSSR count). The molecule has 0 aromatic heterocycles. The number of thioether (sulfide) groups is 1. The van der Waals surface area contributed by atoms with Crippen LogP contribution in [-0.2, 0) is 9.59 Å². The van der Waals surface area contributed by atoms with Crippen molar-refractivity contribution in [3.63, 3.8) is 0 Å². The summed E-state index contributed by atoms with van der Waals surface area (Å²) >= 11 is 1.61. The third kappa shape index (κ3) is 11.3. The van der Waals surface area contributed by atoms with Gasteiger partial charge in [-0.3, -0.25) is 9.59 Å². The summed E-state index contributed by atoms with van der Waals surface area (Å²) in [5, 5.41) is 16.6. The van der Waals surface area contributed by atoms with E-state index in [1.165, 1.54) is 0 Å². The van der Waals surface area contributed by atoms with Crippen LogP contribution in [0.1, 0.15) is 25.7 Å². The Labute approximate surface area is 81.3 Å².